The molecule has 0 saturated carbocycles. The molecule has 19 heavy (non-hydrogen) atoms. The minimum Gasteiger partial charge on any atom is -0.368 e. The monoisotopic (exact) mass is 259 g/mol. The number of nitrogens with zero attached hydrogens (tertiary/aromatic N) is 6. The molecule has 7 nitrogen and oxygen atoms in total. The average Bonchev–Trinajstić information content (AvgIpc) is 2.67. The molecule has 0 amide bonds. The van der Waals surface area contributed by atoms with Crippen molar-refractivity contribution in [3.05, 3.63) is 18.6 Å². The van der Waals surface area contributed by atoms with Gasteiger partial charge in [0.2, 0.25) is 11.9 Å². The zero-order chi connectivity index (χ0) is 13.1. The maximum Gasteiger partial charge on any atom is 0.247 e. The minimum absolute atomic E-state index is 0.347. The standard InChI is InChI=1S/C12H17N7/c13-11-16-12(18-7-3-1-2-4-8-18)17-19(11)10-9-14-5-6-15-10/h5-6,9H,1-4,7-8H2,(H2,13,16,17). The number of hydrogen-bond donors (Lipinski definition) is 1. The largest absolute Gasteiger partial charge is 0.368 e. The summed E-state index contributed by atoms with van der Waals surface area (Å²) in [7, 11) is 0. The van der Waals surface area contributed by atoms with Crippen LogP contribution in [0.25, 0.3) is 5.82 Å². The van der Waals surface area contributed by atoms with Crippen molar-refractivity contribution >= 4 is 11.9 Å². The summed E-state index contributed by atoms with van der Waals surface area (Å²) in [4.78, 5) is 14.7. The first-order valence-electron chi connectivity index (χ1n) is 6.58. The van der Waals surface area contributed by atoms with E-state index < -0.39 is 0 Å². The van der Waals surface area contributed by atoms with Gasteiger partial charge >= 0.3 is 0 Å². The van der Waals surface area contributed by atoms with E-state index in [1.807, 2.05) is 0 Å². The lowest BCUT2D eigenvalue weighted by Gasteiger charge is -2.17. The highest BCUT2D eigenvalue weighted by molar-refractivity contribution is 5.39. The van der Waals surface area contributed by atoms with E-state index in [2.05, 4.69) is 25.0 Å². The van der Waals surface area contributed by atoms with Crippen molar-refractivity contribution in [1.29, 1.82) is 0 Å². The molecule has 0 unspecified atom stereocenters. The average molecular weight is 259 g/mol. The molecule has 2 N–H and O–H groups in total. The van der Waals surface area contributed by atoms with E-state index in [-0.39, 0.29) is 0 Å². The third-order valence-electron chi connectivity index (χ3n) is 3.28. The second-order valence-electron chi connectivity index (χ2n) is 4.65. The van der Waals surface area contributed by atoms with Crippen molar-refractivity contribution in [2.45, 2.75) is 25.7 Å². The maximum absolute atomic E-state index is 5.91. The number of aromatic nitrogens is 5. The second-order valence-corrected chi connectivity index (χ2v) is 4.65. The Morgan fingerprint density at radius 2 is 1.84 bits per heavy atom. The van der Waals surface area contributed by atoms with Gasteiger partial charge in [0.15, 0.2) is 5.82 Å². The van der Waals surface area contributed by atoms with Gasteiger partial charge < -0.3 is 10.6 Å². The van der Waals surface area contributed by atoms with Crippen LogP contribution in [-0.2, 0) is 0 Å². The van der Waals surface area contributed by atoms with Gasteiger partial charge in [-0.3, -0.25) is 4.98 Å². The van der Waals surface area contributed by atoms with Crippen molar-refractivity contribution in [2.75, 3.05) is 23.7 Å². The van der Waals surface area contributed by atoms with Crippen LogP contribution in [0.2, 0.25) is 0 Å². The summed E-state index contributed by atoms with van der Waals surface area (Å²) >= 11 is 0. The van der Waals surface area contributed by atoms with Crippen LogP contribution in [0.1, 0.15) is 25.7 Å². The first kappa shape index (κ1) is 11.9. The van der Waals surface area contributed by atoms with Crippen LogP contribution in [0.15, 0.2) is 18.6 Å². The van der Waals surface area contributed by atoms with Gasteiger partial charge in [-0.25, -0.2) is 4.98 Å². The normalized spacial score (nSPS) is 16.3. The summed E-state index contributed by atoms with van der Waals surface area (Å²) in [6.45, 7) is 1.98. The van der Waals surface area contributed by atoms with E-state index in [1.54, 1.807) is 18.6 Å². The Bertz CT molecular complexity index is 528. The van der Waals surface area contributed by atoms with Crippen LogP contribution in [0.3, 0.4) is 0 Å². The molecule has 0 spiro atoms. The molecule has 0 aliphatic carbocycles. The quantitative estimate of drug-likeness (QED) is 0.866. The van der Waals surface area contributed by atoms with Gasteiger partial charge in [-0.1, -0.05) is 12.8 Å². The fourth-order valence-electron chi connectivity index (χ4n) is 2.29. The molecular formula is C12H17N7. The smallest absolute Gasteiger partial charge is 0.247 e. The van der Waals surface area contributed by atoms with Crippen LogP contribution >= 0.6 is 0 Å². The summed E-state index contributed by atoms with van der Waals surface area (Å²) in [6, 6.07) is 0. The summed E-state index contributed by atoms with van der Waals surface area (Å²) in [5.74, 6) is 1.62. The van der Waals surface area contributed by atoms with Crippen molar-refractivity contribution in [1.82, 2.24) is 24.7 Å². The first-order valence-corrected chi connectivity index (χ1v) is 6.58. The molecule has 1 aliphatic heterocycles. The van der Waals surface area contributed by atoms with E-state index in [0.717, 1.165) is 13.1 Å². The zero-order valence-electron chi connectivity index (χ0n) is 10.7. The molecule has 1 fully saturated rings. The fraction of sp³-hybridized carbons (Fsp3) is 0.500. The van der Waals surface area contributed by atoms with Crippen molar-refractivity contribution < 1.29 is 0 Å². The predicted octanol–water partition coefficient (Wildman–Crippen LogP) is 1.02. The lowest BCUT2D eigenvalue weighted by Crippen LogP contribution is -2.25. The van der Waals surface area contributed by atoms with E-state index in [9.17, 15) is 0 Å². The Hall–Kier alpha value is -2.18. The summed E-state index contributed by atoms with van der Waals surface area (Å²) in [5.41, 5.74) is 5.91. The third kappa shape index (κ3) is 2.49. The third-order valence-corrected chi connectivity index (χ3v) is 3.28. The van der Waals surface area contributed by atoms with Gasteiger partial charge in [0.25, 0.3) is 0 Å². The number of nitrogen functional groups attached to an aromatic ring is 1. The molecule has 0 aromatic carbocycles. The summed E-state index contributed by atoms with van der Waals surface area (Å²) in [5, 5.41) is 4.45. The lowest BCUT2D eigenvalue weighted by molar-refractivity contribution is 0.726. The molecule has 3 heterocycles. The first-order chi connectivity index (χ1) is 9.34. The van der Waals surface area contributed by atoms with Crippen LogP contribution < -0.4 is 10.6 Å². The van der Waals surface area contributed by atoms with Crippen molar-refractivity contribution in [2.24, 2.45) is 0 Å². The zero-order valence-corrected chi connectivity index (χ0v) is 10.7. The van der Waals surface area contributed by atoms with Gasteiger partial charge in [-0.05, 0) is 12.8 Å². The van der Waals surface area contributed by atoms with Crippen LogP contribution in [0, 0.1) is 0 Å². The van der Waals surface area contributed by atoms with E-state index in [0.29, 0.717) is 17.7 Å². The van der Waals surface area contributed by atoms with E-state index in [1.165, 1.54) is 30.4 Å². The summed E-state index contributed by atoms with van der Waals surface area (Å²) in [6.07, 6.45) is 9.76. The van der Waals surface area contributed by atoms with Crippen LogP contribution in [0.4, 0.5) is 11.9 Å². The molecule has 2 aromatic rings. The second kappa shape index (κ2) is 5.21. The topological polar surface area (TPSA) is 85.8 Å². The van der Waals surface area contributed by atoms with Crippen LogP contribution in [0.5, 0.6) is 0 Å². The number of rotatable bonds is 2. The van der Waals surface area contributed by atoms with Crippen molar-refractivity contribution in [3.63, 3.8) is 0 Å². The van der Waals surface area contributed by atoms with Gasteiger partial charge in [0, 0.05) is 25.5 Å². The van der Waals surface area contributed by atoms with Crippen LogP contribution in [-0.4, -0.2) is 37.8 Å². The number of anilines is 2. The Kier molecular flexibility index (Phi) is 3.26. The molecular weight excluding hydrogens is 242 g/mol. The highest BCUT2D eigenvalue weighted by Crippen LogP contribution is 2.18. The number of nitrogens with two attached hydrogens (primary N) is 1. The Labute approximate surface area is 111 Å². The molecule has 2 aromatic heterocycles. The molecule has 1 aliphatic rings. The van der Waals surface area contributed by atoms with Gasteiger partial charge in [-0.15, -0.1) is 5.10 Å². The molecule has 0 atom stereocenters. The fourth-order valence-corrected chi connectivity index (χ4v) is 2.29. The lowest BCUT2D eigenvalue weighted by atomic mass is 10.2. The maximum atomic E-state index is 5.91. The Balaban J connectivity index is 1.88. The van der Waals surface area contributed by atoms with E-state index in [4.69, 9.17) is 5.73 Å². The molecule has 0 bridgehead atoms. The highest BCUT2D eigenvalue weighted by Gasteiger charge is 2.17. The molecule has 3 rings (SSSR count). The highest BCUT2D eigenvalue weighted by atomic mass is 15.5. The van der Waals surface area contributed by atoms with Gasteiger partial charge in [0.1, 0.15) is 0 Å². The van der Waals surface area contributed by atoms with E-state index >= 15 is 0 Å². The Morgan fingerprint density at radius 3 is 2.53 bits per heavy atom. The molecule has 1 saturated heterocycles. The molecule has 0 radical (unpaired) electrons. The minimum atomic E-state index is 0.347. The Morgan fingerprint density at radius 1 is 1.05 bits per heavy atom. The SMILES string of the molecule is Nc1nc(N2CCCCCC2)nn1-c1cnccn1. The summed E-state index contributed by atoms with van der Waals surface area (Å²) < 4.78 is 1.53. The van der Waals surface area contributed by atoms with Gasteiger partial charge in [-0.2, -0.15) is 9.67 Å². The van der Waals surface area contributed by atoms with Gasteiger partial charge in [0.05, 0.1) is 6.20 Å². The molecule has 100 valence electrons. The van der Waals surface area contributed by atoms with Crippen molar-refractivity contribution in [3.8, 4) is 5.82 Å². The predicted molar refractivity (Wildman–Crippen MR) is 72.0 cm³/mol. The number of hydrogen-bond acceptors (Lipinski definition) is 6. The molecule has 7 heteroatoms.